The Morgan fingerprint density at radius 1 is 1.00 bits per heavy atom. The maximum absolute atomic E-state index is 13.4. The van der Waals surface area contributed by atoms with E-state index in [1.165, 1.54) is 28.8 Å². The van der Waals surface area contributed by atoms with E-state index in [2.05, 4.69) is 39.2 Å². The van der Waals surface area contributed by atoms with E-state index in [4.69, 9.17) is 14.7 Å². The van der Waals surface area contributed by atoms with Gasteiger partial charge in [0.1, 0.15) is 28.1 Å². The fraction of sp³-hybridized carbons (Fsp3) is 0.452. The Balaban J connectivity index is 1.46. The summed E-state index contributed by atoms with van der Waals surface area (Å²) in [6, 6.07) is 15.9. The standard InChI is InChI=1S/C31H37F3N6OS3/c1-30(2,31(32,33)34)21-41-25-16-18-40(37-25)28-27-23-13-8-7-12-22(23)11-6-4-5-9-17-39(19-20-42-3)24-14-10-15-26(35-24)44-38-29(36-27)43-28/h7-8,10,12-16,18H,4-6,9,11,17,19-21H2,1-3H3,(H,36,38). The van der Waals surface area contributed by atoms with Gasteiger partial charge in [0.05, 0.1) is 5.41 Å². The molecule has 1 aliphatic rings. The van der Waals surface area contributed by atoms with Crippen LogP contribution in [0.4, 0.5) is 24.1 Å². The molecule has 13 heteroatoms. The summed E-state index contributed by atoms with van der Waals surface area (Å²) in [6.07, 6.45) is 4.79. The van der Waals surface area contributed by atoms with Gasteiger partial charge >= 0.3 is 6.18 Å². The molecule has 0 aliphatic carbocycles. The molecule has 0 saturated carbocycles. The second-order valence-electron chi connectivity index (χ2n) is 11.3. The maximum Gasteiger partial charge on any atom is 0.397 e. The predicted octanol–water partition coefficient (Wildman–Crippen LogP) is 8.76. The highest BCUT2D eigenvalue weighted by Gasteiger charge is 2.48. The van der Waals surface area contributed by atoms with Crippen LogP contribution < -0.4 is 14.4 Å². The van der Waals surface area contributed by atoms with Crippen LogP contribution in [0, 0.1) is 5.41 Å². The van der Waals surface area contributed by atoms with Crippen molar-refractivity contribution in [2.75, 3.05) is 41.3 Å². The molecule has 0 spiro atoms. The first-order valence-electron chi connectivity index (χ1n) is 14.6. The van der Waals surface area contributed by atoms with E-state index in [9.17, 15) is 13.2 Å². The van der Waals surface area contributed by atoms with Gasteiger partial charge in [0.2, 0.25) is 5.88 Å². The molecule has 0 unspecified atom stereocenters. The van der Waals surface area contributed by atoms with Gasteiger partial charge in [-0.1, -0.05) is 54.5 Å². The number of benzene rings is 1. The van der Waals surface area contributed by atoms with Crippen LogP contribution in [0.2, 0.25) is 0 Å². The van der Waals surface area contributed by atoms with E-state index >= 15 is 0 Å². The van der Waals surface area contributed by atoms with Crippen molar-refractivity contribution in [3.63, 3.8) is 0 Å². The molecule has 0 fully saturated rings. The molecule has 5 rings (SSSR count). The van der Waals surface area contributed by atoms with Crippen LogP contribution in [0.25, 0.3) is 16.3 Å². The molecule has 0 radical (unpaired) electrons. The molecular formula is C31H37F3N6OS3. The minimum absolute atomic E-state index is 0.125. The van der Waals surface area contributed by atoms with Crippen LogP contribution in [0.1, 0.15) is 45.1 Å². The molecule has 236 valence electrons. The van der Waals surface area contributed by atoms with Crippen molar-refractivity contribution >= 4 is 46.0 Å². The van der Waals surface area contributed by atoms with Crippen molar-refractivity contribution < 1.29 is 17.9 Å². The Labute approximate surface area is 269 Å². The zero-order valence-corrected chi connectivity index (χ0v) is 27.5. The van der Waals surface area contributed by atoms with E-state index in [0.717, 1.165) is 91.9 Å². The van der Waals surface area contributed by atoms with Crippen LogP contribution in [0.15, 0.2) is 59.8 Å². The summed E-state index contributed by atoms with van der Waals surface area (Å²) in [5, 5.41) is 6.74. The number of halogens is 3. The fourth-order valence-corrected chi connectivity index (χ4v) is 6.72. The molecule has 4 aromatic rings. The van der Waals surface area contributed by atoms with Gasteiger partial charge in [-0.25, -0.2) is 14.6 Å². The molecular weight excluding hydrogens is 626 g/mol. The molecule has 1 N–H and O–H groups in total. The van der Waals surface area contributed by atoms with E-state index in [1.807, 2.05) is 36.0 Å². The summed E-state index contributed by atoms with van der Waals surface area (Å²) >= 11 is 4.66. The third kappa shape index (κ3) is 8.02. The number of hydrogen-bond donors (Lipinski definition) is 1. The number of alkyl halides is 3. The van der Waals surface area contributed by atoms with Crippen LogP contribution in [-0.2, 0) is 6.42 Å². The Morgan fingerprint density at radius 3 is 2.64 bits per heavy atom. The van der Waals surface area contributed by atoms with E-state index in [-0.39, 0.29) is 5.88 Å². The zero-order valence-electron chi connectivity index (χ0n) is 25.1. The number of thiazole rings is 1. The van der Waals surface area contributed by atoms with Gasteiger partial charge in [0.25, 0.3) is 0 Å². The van der Waals surface area contributed by atoms with Gasteiger partial charge in [0.15, 0.2) is 5.13 Å². The average molecular weight is 663 g/mol. The first kappa shape index (κ1) is 32.5. The molecule has 3 aromatic heterocycles. The zero-order chi connectivity index (χ0) is 31.2. The lowest BCUT2D eigenvalue weighted by Gasteiger charge is -2.26. The normalized spacial score (nSPS) is 14.9. The molecule has 1 aromatic carbocycles. The second-order valence-corrected chi connectivity index (χ2v) is 14.1. The summed E-state index contributed by atoms with van der Waals surface area (Å²) in [4.78, 5) is 12.3. The van der Waals surface area contributed by atoms with E-state index < -0.39 is 18.2 Å². The SMILES string of the molecule is CSCCN1CCCCCCc2ccccc2-c2nc(sc2-n2ccc(OCC(C)(C)C(F)(F)F)n2)NSc2cccc1n2. The number of aryl methyl sites for hydroxylation is 1. The van der Waals surface area contributed by atoms with Crippen LogP contribution in [0.5, 0.6) is 5.88 Å². The van der Waals surface area contributed by atoms with Crippen molar-refractivity contribution in [2.45, 2.75) is 57.2 Å². The average Bonchev–Trinajstić information content (AvgIpc) is 3.65. The van der Waals surface area contributed by atoms with Gasteiger partial charge in [-0.2, -0.15) is 24.9 Å². The number of aromatic nitrogens is 4. The highest BCUT2D eigenvalue weighted by atomic mass is 32.2. The molecule has 0 amide bonds. The Hall–Kier alpha value is -2.90. The molecule has 1 aliphatic heterocycles. The van der Waals surface area contributed by atoms with E-state index in [0.29, 0.717) is 5.13 Å². The van der Waals surface area contributed by atoms with Gasteiger partial charge in [-0.05, 0) is 57.1 Å². The summed E-state index contributed by atoms with van der Waals surface area (Å²) in [7, 11) is 0. The molecule has 0 atom stereocenters. The number of rotatable bonds is 7. The van der Waals surface area contributed by atoms with Crippen molar-refractivity contribution in [1.82, 2.24) is 19.7 Å². The van der Waals surface area contributed by atoms with Crippen LogP contribution in [0.3, 0.4) is 0 Å². The number of fused-ring (bicyclic) bond motifs is 6. The van der Waals surface area contributed by atoms with Crippen molar-refractivity contribution in [3.05, 3.63) is 60.3 Å². The summed E-state index contributed by atoms with van der Waals surface area (Å²) in [6.45, 7) is 3.63. The van der Waals surface area contributed by atoms with Gasteiger partial charge in [-0.3, -0.25) is 0 Å². The Morgan fingerprint density at radius 2 is 1.82 bits per heavy atom. The topological polar surface area (TPSA) is 68.1 Å². The molecule has 4 heterocycles. The maximum atomic E-state index is 13.4. The van der Waals surface area contributed by atoms with Crippen molar-refractivity contribution in [2.24, 2.45) is 5.41 Å². The van der Waals surface area contributed by atoms with Crippen LogP contribution in [-0.4, -0.2) is 57.6 Å². The monoisotopic (exact) mass is 662 g/mol. The fourth-order valence-electron chi connectivity index (χ4n) is 4.74. The first-order chi connectivity index (χ1) is 21.1. The number of ether oxygens (including phenoxy) is 1. The number of thioether (sulfide) groups is 1. The highest BCUT2D eigenvalue weighted by molar-refractivity contribution is 8.00. The minimum Gasteiger partial charge on any atom is -0.476 e. The lowest BCUT2D eigenvalue weighted by Crippen LogP contribution is -2.37. The third-order valence-corrected chi connectivity index (χ3v) is 9.88. The molecule has 7 nitrogen and oxygen atoms in total. The lowest BCUT2D eigenvalue weighted by atomic mass is 9.94. The number of nitrogens with zero attached hydrogens (tertiary/aromatic N) is 5. The molecule has 4 bridgehead atoms. The van der Waals surface area contributed by atoms with Crippen molar-refractivity contribution in [1.29, 1.82) is 0 Å². The Kier molecular flexibility index (Phi) is 10.7. The highest BCUT2D eigenvalue weighted by Crippen LogP contribution is 2.40. The number of anilines is 2. The molecule has 44 heavy (non-hydrogen) atoms. The predicted molar refractivity (Wildman–Crippen MR) is 176 cm³/mol. The van der Waals surface area contributed by atoms with Gasteiger partial charge < -0.3 is 14.4 Å². The summed E-state index contributed by atoms with van der Waals surface area (Å²) in [5.41, 5.74) is 0.972. The minimum atomic E-state index is -4.39. The largest absolute Gasteiger partial charge is 0.476 e. The van der Waals surface area contributed by atoms with Gasteiger partial charge in [-0.15, -0.1) is 5.10 Å². The number of nitrogens with one attached hydrogen (secondary N) is 1. The number of hydrogen-bond acceptors (Lipinski definition) is 9. The Bertz CT molecular complexity index is 1520. The summed E-state index contributed by atoms with van der Waals surface area (Å²) < 4.78 is 50.7. The van der Waals surface area contributed by atoms with Crippen LogP contribution >= 0.6 is 35.0 Å². The first-order valence-corrected chi connectivity index (χ1v) is 17.7. The summed E-state index contributed by atoms with van der Waals surface area (Å²) in [5.74, 6) is 2.14. The smallest absolute Gasteiger partial charge is 0.397 e. The lowest BCUT2D eigenvalue weighted by molar-refractivity contribution is -0.219. The van der Waals surface area contributed by atoms with Crippen molar-refractivity contribution in [3.8, 4) is 22.1 Å². The quantitative estimate of drug-likeness (QED) is 0.197. The van der Waals surface area contributed by atoms with E-state index in [1.54, 1.807) is 16.9 Å². The number of pyridine rings is 1. The molecule has 0 saturated heterocycles. The van der Waals surface area contributed by atoms with Gasteiger partial charge in [0, 0.05) is 48.6 Å². The third-order valence-electron chi connectivity index (χ3n) is 7.47. The second kappa shape index (κ2) is 14.5.